The third kappa shape index (κ3) is 11.1. The van der Waals surface area contributed by atoms with E-state index in [1.165, 1.54) is 0 Å². The quantitative estimate of drug-likeness (QED) is 0.494. The highest BCUT2D eigenvalue weighted by atomic mass is 16.6. The molecule has 0 saturated carbocycles. The molecule has 0 aromatic carbocycles. The van der Waals surface area contributed by atoms with Crippen molar-refractivity contribution in [1.29, 1.82) is 0 Å². The molecule has 0 aliphatic rings. The van der Waals surface area contributed by atoms with Crippen molar-refractivity contribution >= 4 is 12.1 Å². The molecule has 1 unspecified atom stereocenters. The van der Waals surface area contributed by atoms with Crippen LogP contribution >= 0.6 is 0 Å². The van der Waals surface area contributed by atoms with Crippen LogP contribution in [0.2, 0.25) is 0 Å². The highest BCUT2D eigenvalue weighted by Gasteiger charge is 2.23. The van der Waals surface area contributed by atoms with Gasteiger partial charge in [0.15, 0.2) is 0 Å². The maximum Gasteiger partial charge on any atom is 0.407 e. The second kappa shape index (κ2) is 11.4. The van der Waals surface area contributed by atoms with Crippen LogP contribution in [0.25, 0.3) is 0 Å². The minimum Gasteiger partial charge on any atom is -0.464 e. The molecule has 0 aromatic heterocycles. The number of nitrogens with zero attached hydrogens (tertiary/aromatic N) is 1. The molecule has 0 radical (unpaired) electrons. The standard InChI is InChI=1S/C15H30N2O4/c1-6-7-10-20-15(19)16-13(8-9-17(4)5)14(18)21-11-12(2)3/h12-13H,6-11H2,1-5H3,(H,16,19). The SMILES string of the molecule is CCCCOC(=O)NC(CCN(C)C)C(=O)OCC(C)C. The largest absolute Gasteiger partial charge is 0.464 e. The Bertz CT molecular complexity index is 306. The lowest BCUT2D eigenvalue weighted by atomic mass is 10.2. The van der Waals surface area contributed by atoms with Crippen molar-refractivity contribution in [1.82, 2.24) is 10.2 Å². The summed E-state index contributed by atoms with van der Waals surface area (Å²) in [4.78, 5) is 25.6. The van der Waals surface area contributed by atoms with E-state index in [9.17, 15) is 9.59 Å². The Labute approximate surface area is 128 Å². The van der Waals surface area contributed by atoms with E-state index >= 15 is 0 Å². The van der Waals surface area contributed by atoms with Gasteiger partial charge in [-0.15, -0.1) is 0 Å². The summed E-state index contributed by atoms with van der Waals surface area (Å²) in [6, 6.07) is -0.666. The molecular weight excluding hydrogens is 272 g/mol. The molecule has 124 valence electrons. The second-order valence-electron chi connectivity index (χ2n) is 5.80. The number of carbonyl (C=O) groups excluding carboxylic acids is 2. The van der Waals surface area contributed by atoms with Gasteiger partial charge in [-0.2, -0.15) is 0 Å². The first-order chi connectivity index (χ1) is 9.86. The Kier molecular flexibility index (Phi) is 10.7. The van der Waals surface area contributed by atoms with Gasteiger partial charge in [-0.1, -0.05) is 27.2 Å². The van der Waals surface area contributed by atoms with Crippen molar-refractivity contribution < 1.29 is 19.1 Å². The number of hydrogen-bond donors (Lipinski definition) is 1. The first-order valence-corrected chi connectivity index (χ1v) is 7.61. The lowest BCUT2D eigenvalue weighted by Crippen LogP contribution is -2.44. The monoisotopic (exact) mass is 302 g/mol. The second-order valence-corrected chi connectivity index (χ2v) is 5.80. The summed E-state index contributed by atoms with van der Waals surface area (Å²) in [5, 5.41) is 2.59. The molecule has 0 aliphatic carbocycles. The fourth-order valence-electron chi connectivity index (χ4n) is 1.48. The number of hydrogen-bond acceptors (Lipinski definition) is 5. The molecule has 6 heteroatoms. The summed E-state index contributed by atoms with van der Waals surface area (Å²) >= 11 is 0. The molecule has 0 bridgehead atoms. The first kappa shape index (κ1) is 19.7. The Morgan fingerprint density at radius 2 is 1.86 bits per heavy atom. The highest BCUT2D eigenvalue weighted by Crippen LogP contribution is 2.02. The van der Waals surface area contributed by atoms with E-state index in [4.69, 9.17) is 9.47 Å². The van der Waals surface area contributed by atoms with Gasteiger partial charge in [-0.05, 0) is 32.9 Å². The number of rotatable bonds is 10. The van der Waals surface area contributed by atoms with E-state index in [2.05, 4.69) is 5.32 Å². The fourth-order valence-corrected chi connectivity index (χ4v) is 1.48. The van der Waals surface area contributed by atoms with Crippen LogP contribution in [0.1, 0.15) is 40.0 Å². The Morgan fingerprint density at radius 1 is 1.19 bits per heavy atom. The summed E-state index contributed by atoms with van der Waals surface area (Å²) < 4.78 is 10.2. The number of nitrogens with one attached hydrogen (secondary N) is 1. The maximum absolute atomic E-state index is 12.0. The molecule has 0 rings (SSSR count). The lowest BCUT2D eigenvalue weighted by molar-refractivity contribution is -0.147. The number of esters is 1. The van der Waals surface area contributed by atoms with Crippen molar-refractivity contribution in [2.24, 2.45) is 5.92 Å². The molecular formula is C15H30N2O4. The van der Waals surface area contributed by atoms with Gasteiger partial charge in [-0.3, -0.25) is 0 Å². The van der Waals surface area contributed by atoms with Gasteiger partial charge in [0.05, 0.1) is 13.2 Å². The van der Waals surface area contributed by atoms with Gasteiger partial charge in [0, 0.05) is 6.54 Å². The Balaban J connectivity index is 4.36. The number of unbranched alkanes of at least 4 members (excludes halogenated alkanes) is 1. The maximum atomic E-state index is 12.0. The third-order valence-electron chi connectivity index (χ3n) is 2.73. The summed E-state index contributed by atoms with van der Waals surface area (Å²) in [5.41, 5.74) is 0. The topological polar surface area (TPSA) is 67.9 Å². The van der Waals surface area contributed by atoms with E-state index in [0.29, 0.717) is 26.2 Å². The van der Waals surface area contributed by atoms with Crippen LogP contribution in [0.3, 0.4) is 0 Å². The molecule has 0 aliphatic heterocycles. The molecule has 1 N–H and O–H groups in total. The van der Waals surface area contributed by atoms with Gasteiger partial charge in [0.2, 0.25) is 0 Å². The average Bonchev–Trinajstić information content (AvgIpc) is 2.40. The minimum atomic E-state index is -0.666. The first-order valence-electron chi connectivity index (χ1n) is 7.61. The molecule has 0 spiro atoms. The van der Waals surface area contributed by atoms with Gasteiger partial charge in [-0.25, -0.2) is 9.59 Å². The van der Waals surface area contributed by atoms with Crippen LogP contribution in [0, 0.1) is 5.92 Å². The molecule has 0 aromatic rings. The zero-order valence-corrected chi connectivity index (χ0v) is 14.0. The van der Waals surface area contributed by atoms with Crippen LogP contribution in [0.15, 0.2) is 0 Å². The predicted molar refractivity (Wildman–Crippen MR) is 82.1 cm³/mol. The van der Waals surface area contributed by atoms with E-state index < -0.39 is 18.1 Å². The molecule has 0 heterocycles. The van der Waals surface area contributed by atoms with Gasteiger partial charge < -0.3 is 19.7 Å². The fraction of sp³-hybridized carbons (Fsp3) is 0.867. The van der Waals surface area contributed by atoms with Gasteiger partial charge >= 0.3 is 12.1 Å². The number of alkyl carbamates (subject to hydrolysis) is 1. The average molecular weight is 302 g/mol. The summed E-state index contributed by atoms with van der Waals surface area (Å²) in [7, 11) is 3.83. The van der Waals surface area contributed by atoms with Crippen molar-refractivity contribution in [3.63, 3.8) is 0 Å². The molecule has 1 amide bonds. The molecule has 6 nitrogen and oxygen atoms in total. The zero-order chi connectivity index (χ0) is 16.3. The smallest absolute Gasteiger partial charge is 0.407 e. The number of amides is 1. The van der Waals surface area contributed by atoms with E-state index in [1.807, 2.05) is 39.8 Å². The van der Waals surface area contributed by atoms with Crippen LogP contribution in [-0.2, 0) is 14.3 Å². The highest BCUT2D eigenvalue weighted by molar-refractivity contribution is 5.81. The summed E-state index contributed by atoms with van der Waals surface area (Å²) in [6.45, 7) is 7.35. The van der Waals surface area contributed by atoms with Crippen molar-refractivity contribution in [2.75, 3.05) is 33.9 Å². The van der Waals surface area contributed by atoms with E-state index in [-0.39, 0.29) is 5.92 Å². The Morgan fingerprint density at radius 3 is 2.38 bits per heavy atom. The summed E-state index contributed by atoms with van der Waals surface area (Å²) in [5.74, 6) is -0.141. The van der Waals surface area contributed by atoms with Crippen molar-refractivity contribution in [3.05, 3.63) is 0 Å². The molecule has 0 saturated heterocycles. The molecule has 1 atom stereocenters. The zero-order valence-electron chi connectivity index (χ0n) is 14.0. The van der Waals surface area contributed by atoms with Crippen molar-refractivity contribution in [3.8, 4) is 0 Å². The number of carbonyl (C=O) groups is 2. The number of ether oxygens (including phenoxy) is 2. The van der Waals surface area contributed by atoms with Crippen molar-refractivity contribution in [2.45, 2.75) is 46.1 Å². The summed E-state index contributed by atoms with van der Waals surface area (Å²) in [6.07, 6.45) is 1.70. The minimum absolute atomic E-state index is 0.264. The van der Waals surface area contributed by atoms with E-state index in [1.54, 1.807) is 0 Å². The van der Waals surface area contributed by atoms with Gasteiger partial charge in [0.25, 0.3) is 0 Å². The van der Waals surface area contributed by atoms with Gasteiger partial charge in [0.1, 0.15) is 6.04 Å². The van der Waals surface area contributed by atoms with Crippen LogP contribution in [0.5, 0.6) is 0 Å². The predicted octanol–water partition coefficient (Wildman–Crippen LogP) is 2.03. The normalized spacial score (nSPS) is 12.3. The molecule has 0 fully saturated rings. The van der Waals surface area contributed by atoms with E-state index in [0.717, 1.165) is 12.8 Å². The van der Waals surface area contributed by atoms with Crippen LogP contribution in [-0.4, -0.2) is 56.9 Å². The van der Waals surface area contributed by atoms with Crippen LogP contribution < -0.4 is 5.32 Å². The lowest BCUT2D eigenvalue weighted by Gasteiger charge is -2.20. The molecule has 21 heavy (non-hydrogen) atoms. The van der Waals surface area contributed by atoms with Crippen LogP contribution in [0.4, 0.5) is 4.79 Å². The third-order valence-corrected chi connectivity index (χ3v) is 2.73. The Hall–Kier alpha value is -1.30.